The molecule has 0 amide bonds. The highest BCUT2D eigenvalue weighted by atomic mass is 32.2. The zero-order valence-corrected chi connectivity index (χ0v) is 11.7. The smallest absolute Gasteiger partial charge is 0.240 e. The standard InChI is InChI=1S/C12H17F2N3O2S/c13-10-7-11(14)9-12(8-10)20(18,19)16-3-6-17-4-1-15-2-5-17/h7-9,15-16H,1-6H2. The summed E-state index contributed by atoms with van der Waals surface area (Å²) in [5, 5.41) is 3.20. The monoisotopic (exact) mass is 305 g/mol. The fourth-order valence-electron chi connectivity index (χ4n) is 2.04. The van der Waals surface area contributed by atoms with Crippen LogP contribution in [-0.2, 0) is 10.0 Å². The van der Waals surface area contributed by atoms with Crippen LogP contribution in [0.3, 0.4) is 0 Å². The second kappa shape index (κ2) is 6.57. The van der Waals surface area contributed by atoms with Gasteiger partial charge in [-0.1, -0.05) is 0 Å². The van der Waals surface area contributed by atoms with E-state index in [1.54, 1.807) is 0 Å². The molecule has 0 aliphatic carbocycles. The summed E-state index contributed by atoms with van der Waals surface area (Å²) in [4.78, 5) is 1.72. The summed E-state index contributed by atoms with van der Waals surface area (Å²) >= 11 is 0. The van der Waals surface area contributed by atoms with Gasteiger partial charge in [0.15, 0.2) is 0 Å². The molecule has 0 bridgehead atoms. The number of hydrogen-bond acceptors (Lipinski definition) is 4. The number of nitrogens with zero attached hydrogens (tertiary/aromatic N) is 1. The van der Waals surface area contributed by atoms with Crippen molar-refractivity contribution in [2.75, 3.05) is 39.3 Å². The summed E-state index contributed by atoms with van der Waals surface area (Å²) in [5.41, 5.74) is 0. The first-order valence-electron chi connectivity index (χ1n) is 6.36. The third kappa shape index (κ3) is 4.20. The third-order valence-corrected chi connectivity index (χ3v) is 4.52. The Morgan fingerprint density at radius 2 is 1.75 bits per heavy atom. The topological polar surface area (TPSA) is 61.4 Å². The van der Waals surface area contributed by atoms with Crippen LogP contribution >= 0.6 is 0 Å². The lowest BCUT2D eigenvalue weighted by atomic mass is 10.3. The van der Waals surface area contributed by atoms with E-state index in [2.05, 4.69) is 14.9 Å². The lowest BCUT2D eigenvalue weighted by Crippen LogP contribution is -2.46. The quantitative estimate of drug-likeness (QED) is 0.813. The average molecular weight is 305 g/mol. The Bertz CT molecular complexity index is 540. The first-order valence-corrected chi connectivity index (χ1v) is 7.84. The molecular formula is C12H17F2N3O2S. The summed E-state index contributed by atoms with van der Waals surface area (Å²) in [5.74, 6) is -1.82. The molecule has 20 heavy (non-hydrogen) atoms. The van der Waals surface area contributed by atoms with Crippen LogP contribution in [0.15, 0.2) is 23.1 Å². The second-order valence-electron chi connectivity index (χ2n) is 4.59. The van der Waals surface area contributed by atoms with Gasteiger partial charge in [-0.3, -0.25) is 4.90 Å². The normalized spacial score (nSPS) is 17.3. The van der Waals surface area contributed by atoms with Crippen LogP contribution in [0.25, 0.3) is 0 Å². The van der Waals surface area contributed by atoms with E-state index in [1.807, 2.05) is 0 Å². The second-order valence-corrected chi connectivity index (χ2v) is 6.36. The molecule has 1 fully saturated rings. The van der Waals surface area contributed by atoms with Crippen LogP contribution in [0, 0.1) is 11.6 Å². The van der Waals surface area contributed by atoms with E-state index >= 15 is 0 Å². The summed E-state index contributed by atoms with van der Waals surface area (Å²) in [6.45, 7) is 4.25. The maximum atomic E-state index is 13.0. The molecule has 0 radical (unpaired) electrons. The van der Waals surface area contributed by atoms with Crippen molar-refractivity contribution in [3.05, 3.63) is 29.8 Å². The van der Waals surface area contributed by atoms with Gasteiger partial charge in [-0.05, 0) is 12.1 Å². The zero-order chi connectivity index (χ0) is 14.6. The van der Waals surface area contributed by atoms with E-state index in [4.69, 9.17) is 0 Å². The van der Waals surface area contributed by atoms with E-state index in [-0.39, 0.29) is 6.54 Å². The van der Waals surface area contributed by atoms with Crippen LogP contribution in [0.2, 0.25) is 0 Å². The molecule has 1 aromatic carbocycles. The van der Waals surface area contributed by atoms with Crippen molar-refractivity contribution in [1.29, 1.82) is 0 Å². The molecule has 5 nitrogen and oxygen atoms in total. The van der Waals surface area contributed by atoms with Gasteiger partial charge < -0.3 is 5.32 Å². The van der Waals surface area contributed by atoms with Crippen LogP contribution < -0.4 is 10.0 Å². The van der Waals surface area contributed by atoms with Gasteiger partial charge >= 0.3 is 0 Å². The molecule has 0 unspecified atom stereocenters. The van der Waals surface area contributed by atoms with Crippen molar-refractivity contribution in [3.63, 3.8) is 0 Å². The van der Waals surface area contributed by atoms with Crippen molar-refractivity contribution >= 4 is 10.0 Å². The Balaban J connectivity index is 1.93. The van der Waals surface area contributed by atoms with Gasteiger partial charge in [-0.2, -0.15) is 0 Å². The molecule has 2 rings (SSSR count). The van der Waals surface area contributed by atoms with Crippen molar-refractivity contribution < 1.29 is 17.2 Å². The van der Waals surface area contributed by atoms with E-state index in [9.17, 15) is 17.2 Å². The lowest BCUT2D eigenvalue weighted by Gasteiger charge is -2.27. The van der Waals surface area contributed by atoms with Crippen LogP contribution in [0.5, 0.6) is 0 Å². The fraction of sp³-hybridized carbons (Fsp3) is 0.500. The molecule has 0 aromatic heterocycles. The maximum absolute atomic E-state index is 13.0. The summed E-state index contributed by atoms with van der Waals surface area (Å²) in [6, 6.07) is 2.24. The van der Waals surface area contributed by atoms with Gasteiger partial charge in [0.2, 0.25) is 10.0 Å². The minimum absolute atomic E-state index is 0.209. The lowest BCUT2D eigenvalue weighted by molar-refractivity contribution is 0.245. The Labute approximate surface area is 117 Å². The van der Waals surface area contributed by atoms with E-state index < -0.39 is 26.6 Å². The molecule has 2 N–H and O–H groups in total. The van der Waals surface area contributed by atoms with Gasteiger partial charge in [0.1, 0.15) is 11.6 Å². The van der Waals surface area contributed by atoms with Crippen LogP contribution in [-0.4, -0.2) is 52.6 Å². The molecule has 1 aromatic rings. The van der Waals surface area contributed by atoms with Crippen LogP contribution in [0.1, 0.15) is 0 Å². The highest BCUT2D eigenvalue weighted by molar-refractivity contribution is 7.89. The average Bonchev–Trinajstić information content (AvgIpc) is 2.38. The number of halogens is 2. The summed E-state index contributed by atoms with van der Waals surface area (Å²) < 4.78 is 52.2. The van der Waals surface area contributed by atoms with Gasteiger partial charge in [-0.25, -0.2) is 21.9 Å². The number of rotatable bonds is 5. The molecule has 1 saturated heterocycles. The predicted molar refractivity (Wildman–Crippen MR) is 70.9 cm³/mol. The number of nitrogens with one attached hydrogen (secondary N) is 2. The number of hydrogen-bond donors (Lipinski definition) is 2. The summed E-state index contributed by atoms with van der Waals surface area (Å²) in [6.07, 6.45) is 0. The SMILES string of the molecule is O=S(=O)(NCCN1CCNCC1)c1cc(F)cc(F)c1. The summed E-state index contributed by atoms with van der Waals surface area (Å²) in [7, 11) is -3.88. The maximum Gasteiger partial charge on any atom is 0.240 e. The molecule has 0 atom stereocenters. The highest BCUT2D eigenvalue weighted by Crippen LogP contribution is 2.13. The largest absolute Gasteiger partial charge is 0.314 e. The molecule has 8 heteroatoms. The molecule has 1 heterocycles. The first kappa shape index (κ1) is 15.3. The Hall–Kier alpha value is -1.09. The van der Waals surface area contributed by atoms with E-state index in [0.717, 1.165) is 38.3 Å². The minimum atomic E-state index is -3.88. The third-order valence-electron chi connectivity index (χ3n) is 3.08. The van der Waals surface area contributed by atoms with Crippen molar-refractivity contribution in [2.24, 2.45) is 0 Å². The van der Waals surface area contributed by atoms with E-state index in [1.165, 1.54) is 0 Å². The minimum Gasteiger partial charge on any atom is -0.314 e. The van der Waals surface area contributed by atoms with Crippen molar-refractivity contribution in [1.82, 2.24) is 14.9 Å². The van der Waals surface area contributed by atoms with Crippen molar-refractivity contribution in [3.8, 4) is 0 Å². The Morgan fingerprint density at radius 1 is 1.15 bits per heavy atom. The molecule has 0 saturated carbocycles. The molecule has 1 aliphatic heterocycles. The van der Waals surface area contributed by atoms with Gasteiger partial charge in [-0.15, -0.1) is 0 Å². The van der Waals surface area contributed by atoms with Gasteiger partial charge in [0.25, 0.3) is 0 Å². The molecule has 112 valence electrons. The number of benzene rings is 1. The first-order chi connectivity index (χ1) is 9.47. The van der Waals surface area contributed by atoms with E-state index in [0.29, 0.717) is 12.6 Å². The Kier molecular flexibility index (Phi) is 5.03. The zero-order valence-electron chi connectivity index (χ0n) is 10.9. The molecule has 0 spiro atoms. The molecule has 1 aliphatic rings. The molecular weight excluding hydrogens is 288 g/mol. The van der Waals surface area contributed by atoms with Gasteiger partial charge in [0.05, 0.1) is 4.90 Å². The fourth-order valence-corrected chi connectivity index (χ4v) is 3.10. The van der Waals surface area contributed by atoms with Gasteiger partial charge in [0, 0.05) is 45.3 Å². The van der Waals surface area contributed by atoms with Crippen molar-refractivity contribution in [2.45, 2.75) is 4.90 Å². The number of piperazine rings is 1. The Morgan fingerprint density at radius 3 is 2.35 bits per heavy atom. The predicted octanol–water partition coefficient (Wildman–Crippen LogP) is 0.148. The van der Waals surface area contributed by atoms with Crippen LogP contribution in [0.4, 0.5) is 8.78 Å². The highest BCUT2D eigenvalue weighted by Gasteiger charge is 2.17. The number of sulfonamides is 1.